The maximum atomic E-state index is 2.70. The first-order chi connectivity index (χ1) is 9.36. The molecule has 0 aromatic heterocycles. The summed E-state index contributed by atoms with van der Waals surface area (Å²) < 4.78 is 0. The SMILES string of the molecule is CCCCCCN1CCCN(CCCCCC)CC1. The van der Waals surface area contributed by atoms with Gasteiger partial charge >= 0.3 is 0 Å². The molecular formula is C17H36N2. The largest absolute Gasteiger partial charge is 0.302 e. The summed E-state index contributed by atoms with van der Waals surface area (Å²) in [6.45, 7) is 12.5. The molecule has 1 fully saturated rings. The highest BCUT2D eigenvalue weighted by Crippen LogP contribution is 2.08. The van der Waals surface area contributed by atoms with Gasteiger partial charge in [0.1, 0.15) is 0 Å². The molecule has 19 heavy (non-hydrogen) atoms. The summed E-state index contributed by atoms with van der Waals surface area (Å²) in [6, 6.07) is 0. The molecule has 1 aliphatic rings. The molecule has 1 saturated heterocycles. The summed E-state index contributed by atoms with van der Waals surface area (Å²) >= 11 is 0. The van der Waals surface area contributed by atoms with E-state index in [9.17, 15) is 0 Å². The highest BCUT2D eigenvalue weighted by Gasteiger charge is 2.13. The molecule has 0 bridgehead atoms. The van der Waals surface area contributed by atoms with Crippen molar-refractivity contribution in [2.45, 2.75) is 71.6 Å². The molecule has 0 saturated carbocycles. The molecule has 2 heteroatoms. The second-order valence-electron chi connectivity index (χ2n) is 6.16. The highest BCUT2D eigenvalue weighted by atomic mass is 15.2. The fraction of sp³-hybridized carbons (Fsp3) is 1.00. The molecule has 0 aromatic rings. The highest BCUT2D eigenvalue weighted by molar-refractivity contribution is 4.69. The third kappa shape index (κ3) is 8.65. The van der Waals surface area contributed by atoms with Gasteiger partial charge in [-0.3, -0.25) is 0 Å². The van der Waals surface area contributed by atoms with Crippen LogP contribution in [-0.2, 0) is 0 Å². The van der Waals surface area contributed by atoms with Gasteiger partial charge in [-0.15, -0.1) is 0 Å². The van der Waals surface area contributed by atoms with Crippen LogP contribution in [0.5, 0.6) is 0 Å². The van der Waals surface area contributed by atoms with Crippen molar-refractivity contribution in [3.8, 4) is 0 Å². The Labute approximate surface area is 121 Å². The summed E-state index contributed by atoms with van der Waals surface area (Å²) in [6.07, 6.45) is 12.6. The first kappa shape index (κ1) is 17.0. The topological polar surface area (TPSA) is 6.48 Å². The standard InChI is InChI=1S/C17H36N2/c1-3-5-7-9-12-18-14-11-15-19(17-16-18)13-10-8-6-4-2/h3-17H2,1-2H3. The van der Waals surface area contributed by atoms with Crippen molar-refractivity contribution in [3.63, 3.8) is 0 Å². The fourth-order valence-electron chi connectivity index (χ4n) is 3.00. The zero-order chi connectivity index (χ0) is 13.8. The predicted octanol–water partition coefficient (Wildman–Crippen LogP) is 4.15. The molecule has 1 rings (SSSR count). The lowest BCUT2D eigenvalue weighted by molar-refractivity contribution is 0.250. The summed E-state index contributed by atoms with van der Waals surface area (Å²) in [5.74, 6) is 0. The molecule has 0 atom stereocenters. The average Bonchev–Trinajstić information content (AvgIpc) is 2.65. The Balaban J connectivity index is 2.06. The third-order valence-corrected chi connectivity index (χ3v) is 4.34. The van der Waals surface area contributed by atoms with Crippen LogP contribution in [0, 0.1) is 0 Å². The van der Waals surface area contributed by atoms with Gasteiger partial charge in [-0.2, -0.15) is 0 Å². The monoisotopic (exact) mass is 268 g/mol. The van der Waals surface area contributed by atoms with Crippen molar-refractivity contribution >= 4 is 0 Å². The first-order valence-electron chi connectivity index (χ1n) is 8.81. The van der Waals surface area contributed by atoms with Crippen LogP contribution in [0.1, 0.15) is 71.6 Å². The Hall–Kier alpha value is -0.0800. The molecular weight excluding hydrogens is 232 g/mol. The van der Waals surface area contributed by atoms with E-state index in [1.54, 1.807) is 0 Å². The van der Waals surface area contributed by atoms with Crippen LogP contribution in [-0.4, -0.2) is 49.1 Å². The minimum Gasteiger partial charge on any atom is -0.302 e. The summed E-state index contributed by atoms with van der Waals surface area (Å²) in [5, 5.41) is 0. The van der Waals surface area contributed by atoms with Crippen molar-refractivity contribution in [2.75, 3.05) is 39.3 Å². The van der Waals surface area contributed by atoms with Gasteiger partial charge < -0.3 is 9.80 Å². The lowest BCUT2D eigenvalue weighted by atomic mass is 10.2. The van der Waals surface area contributed by atoms with Crippen LogP contribution < -0.4 is 0 Å². The minimum atomic E-state index is 1.31. The summed E-state index contributed by atoms with van der Waals surface area (Å²) in [7, 11) is 0. The molecule has 0 radical (unpaired) electrons. The van der Waals surface area contributed by atoms with Gasteiger partial charge in [0.05, 0.1) is 0 Å². The molecule has 0 N–H and O–H groups in total. The molecule has 0 spiro atoms. The Morgan fingerprint density at radius 3 is 1.47 bits per heavy atom. The van der Waals surface area contributed by atoms with Crippen LogP contribution in [0.25, 0.3) is 0 Å². The van der Waals surface area contributed by atoms with Crippen molar-refractivity contribution < 1.29 is 0 Å². The minimum absolute atomic E-state index is 1.31. The molecule has 2 nitrogen and oxygen atoms in total. The maximum Gasteiger partial charge on any atom is 0.0109 e. The number of hydrogen-bond donors (Lipinski definition) is 0. The van der Waals surface area contributed by atoms with Crippen molar-refractivity contribution in [2.24, 2.45) is 0 Å². The summed E-state index contributed by atoms with van der Waals surface area (Å²) in [5.41, 5.74) is 0. The Morgan fingerprint density at radius 1 is 0.579 bits per heavy atom. The lowest BCUT2D eigenvalue weighted by Gasteiger charge is -2.21. The van der Waals surface area contributed by atoms with Gasteiger partial charge in [0.2, 0.25) is 0 Å². The van der Waals surface area contributed by atoms with Gasteiger partial charge in [-0.05, 0) is 45.4 Å². The average molecular weight is 268 g/mol. The molecule has 114 valence electrons. The van der Waals surface area contributed by atoms with Crippen molar-refractivity contribution in [1.82, 2.24) is 9.80 Å². The van der Waals surface area contributed by atoms with E-state index < -0.39 is 0 Å². The van der Waals surface area contributed by atoms with Gasteiger partial charge in [-0.1, -0.05) is 52.4 Å². The number of rotatable bonds is 10. The predicted molar refractivity (Wildman–Crippen MR) is 85.8 cm³/mol. The molecule has 0 aromatic carbocycles. The van der Waals surface area contributed by atoms with Gasteiger partial charge in [0.25, 0.3) is 0 Å². The number of unbranched alkanes of at least 4 members (excludes halogenated alkanes) is 6. The van der Waals surface area contributed by atoms with E-state index in [0.29, 0.717) is 0 Å². The van der Waals surface area contributed by atoms with Gasteiger partial charge in [0, 0.05) is 13.1 Å². The quantitative estimate of drug-likeness (QED) is 0.549. The zero-order valence-electron chi connectivity index (χ0n) is 13.5. The van der Waals surface area contributed by atoms with E-state index in [1.807, 2.05) is 0 Å². The van der Waals surface area contributed by atoms with E-state index in [4.69, 9.17) is 0 Å². The molecule has 1 heterocycles. The fourth-order valence-corrected chi connectivity index (χ4v) is 3.00. The smallest absolute Gasteiger partial charge is 0.0109 e. The van der Waals surface area contributed by atoms with Crippen LogP contribution in [0.2, 0.25) is 0 Å². The van der Waals surface area contributed by atoms with Crippen LogP contribution in [0.3, 0.4) is 0 Å². The second kappa shape index (κ2) is 11.7. The molecule has 0 amide bonds. The number of hydrogen-bond acceptors (Lipinski definition) is 2. The van der Waals surface area contributed by atoms with E-state index in [-0.39, 0.29) is 0 Å². The van der Waals surface area contributed by atoms with E-state index in [1.165, 1.54) is 97.1 Å². The Bertz CT molecular complexity index is 174. The van der Waals surface area contributed by atoms with Crippen LogP contribution in [0.4, 0.5) is 0 Å². The normalized spacial score (nSPS) is 18.6. The van der Waals surface area contributed by atoms with E-state index >= 15 is 0 Å². The maximum absolute atomic E-state index is 2.70. The molecule has 0 aliphatic carbocycles. The van der Waals surface area contributed by atoms with E-state index in [2.05, 4.69) is 23.6 Å². The van der Waals surface area contributed by atoms with Gasteiger partial charge in [0.15, 0.2) is 0 Å². The van der Waals surface area contributed by atoms with Crippen LogP contribution >= 0.6 is 0 Å². The van der Waals surface area contributed by atoms with Crippen molar-refractivity contribution in [1.29, 1.82) is 0 Å². The molecule has 0 unspecified atom stereocenters. The number of nitrogens with zero attached hydrogens (tertiary/aromatic N) is 2. The van der Waals surface area contributed by atoms with Crippen molar-refractivity contribution in [3.05, 3.63) is 0 Å². The van der Waals surface area contributed by atoms with Gasteiger partial charge in [-0.25, -0.2) is 0 Å². The van der Waals surface area contributed by atoms with Crippen LogP contribution in [0.15, 0.2) is 0 Å². The molecule has 1 aliphatic heterocycles. The van der Waals surface area contributed by atoms with E-state index in [0.717, 1.165) is 0 Å². The lowest BCUT2D eigenvalue weighted by Crippen LogP contribution is -2.32. The zero-order valence-corrected chi connectivity index (χ0v) is 13.5. The third-order valence-electron chi connectivity index (χ3n) is 4.34. The Kier molecular flexibility index (Phi) is 10.5. The summed E-state index contributed by atoms with van der Waals surface area (Å²) in [4.78, 5) is 5.39. The Morgan fingerprint density at radius 2 is 1.05 bits per heavy atom. The first-order valence-corrected chi connectivity index (χ1v) is 8.81. The second-order valence-corrected chi connectivity index (χ2v) is 6.16.